The van der Waals surface area contributed by atoms with Gasteiger partial charge in [-0.15, -0.1) is 0 Å². The van der Waals surface area contributed by atoms with Gasteiger partial charge in [0.2, 0.25) is 0 Å². The number of aromatic hydroxyl groups is 1. The Morgan fingerprint density at radius 2 is 1.95 bits per heavy atom. The molecular formula is C16H20O6. The van der Waals surface area contributed by atoms with E-state index in [1.54, 1.807) is 24.3 Å². The predicted octanol–water partition coefficient (Wildman–Crippen LogP) is 2.11. The van der Waals surface area contributed by atoms with E-state index in [-0.39, 0.29) is 30.5 Å². The van der Waals surface area contributed by atoms with Crippen molar-refractivity contribution >= 4 is 11.9 Å². The second-order valence-corrected chi connectivity index (χ2v) is 5.31. The number of ether oxygens (including phenoxy) is 3. The van der Waals surface area contributed by atoms with E-state index in [2.05, 4.69) is 0 Å². The van der Waals surface area contributed by atoms with Crippen molar-refractivity contribution in [3.63, 3.8) is 0 Å². The number of hydrogen-bond acceptors (Lipinski definition) is 6. The molecule has 1 saturated heterocycles. The number of phenolic OH excluding ortho intramolecular Hbond substituents is 1. The van der Waals surface area contributed by atoms with E-state index in [0.717, 1.165) is 0 Å². The van der Waals surface area contributed by atoms with Crippen molar-refractivity contribution < 1.29 is 28.9 Å². The molecule has 1 aromatic carbocycles. The van der Waals surface area contributed by atoms with Crippen molar-refractivity contribution in [2.24, 2.45) is 0 Å². The summed E-state index contributed by atoms with van der Waals surface area (Å²) >= 11 is 0. The fourth-order valence-corrected chi connectivity index (χ4v) is 2.58. The lowest BCUT2D eigenvalue weighted by molar-refractivity contribution is -0.169. The average molecular weight is 308 g/mol. The fourth-order valence-electron chi connectivity index (χ4n) is 2.58. The first-order valence-corrected chi connectivity index (χ1v) is 7.19. The Morgan fingerprint density at radius 3 is 2.59 bits per heavy atom. The standard InChI is InChI=1S/C16H20O6/c1-10(17)20-9-13-7-12(21-11(2)18)8-16(22-13)14-5-3-4-6-15(14)19/h3-6,12-13,16,19H,7-9H2,1-2H3. The Bertz CT molecular complexity index is 541. The van der Waals surface area contributed by atoms with Crippen LogP contribution in [0.2, 0.25) is 0 Å². The molecular weight excluding hydrogens is 288 g/mol. The SMILES string of the molecule is CC(=O)OCC1CC(OC(C)=O)CC(c2ccccc2O)O1. The summed E-state index contributed by atoms with van der Waals surface area (Å²) in [4.78, 5) is 22.1. The monoisotopic (exact) mass is 308 g/mol. The molecule has 1 heterocycles. The average Bonchev–Trinajstić information content (AvgIpc) is 2.44. The molecule has 3 unspecified atom stereocenters. The summed E-state index contributed by atoms with van der Waals surface area (Å²) in [5.41, 5.74) is 0.632. The van der Waals surface area contributed by atoms with Crippen LogP contribution < -0.4 is 0 Å². The number of carbonyl (C=O) groups excluding carboxylic acids is 2. The van der Waals surface area contributed by atoms with Gasteiger partial charge in [-0.05, 0) is 6.07 Å². The first-order chi connectivity index (χ1) is 10.5. The normalized spacial score (nSPS) is 24.5. The lowest BCUT2D eigenvalue weighted by atomic mass is 9.95. The molecule has 0 saturated carbocycles. The summed E-state index contributed by atoms with van der Waals surface area (Å²) in [6.07, 6.45) is -0.229. The first-order valence-electron chi connectivity index (χ1n) is 7.19. The van der Waals surface area contributed by atoms with Gasteiger partial charge in [-0.3, -0.25) is 9.59 Å². The molecule has 1 aromatic rings. The molecule has 22 heavy (non-hydrogen) atoms. The molecule has 3 atom stereocenters. The van der Waals surface area contributed by atoms with Gasteiger partial charge in [0.15, 0.2) is 0 Å². The maximum Gasteiger partial charge on any atom is 0.302 e. The molecule has 0 amide bonds. The third-order valence-corrected chi connectivity index (χ3v) is 3.45. The molecule has 1 aliphatic rings. The van der Waals surface area contributed by atoms with Crippen LogP contribution in [0.3, 0.4) is 0 Å². The molecule has 0 aliphatic carbocycles. The van der Waals surface area contributed by atoms with Gasteiger partial charge in [0.1, 0.15) is 18.5 Å². The van der Waals surface area contributed by atoms with Crippen molar-refractivity contribution in [3.05, 3.63) is 29.8 Å². The number of para-hydroxylation sites is 1. The molecule has 0 bridgehead atoms. The highest BCUT2D eigenvalue weighted by Crippen LogP contribution is 2.36. The summed E-state index contributed by atoms with van der Waals surface area (Å²) in [5.74, 6) is -0.631. The van der Waals surface area contributed by atoms with Crippen LogP contribution in [0, 0.1) is 0 Å². The highest BCUT2D eigenvalue weighted by molar-refractivity contribution is 5.66. The smallest absolute Gasteiger partial charge is 0.302 e. The Morgan fingerprint density at radius 1 is 1.23 bits per heavy atom. The van der Waals surface area contributed by atoms with Gasteiger partial charge in [-0.2, -0.15) is 0 Å². The maximum atomic E-state index is 11.2. The topological polar surface area (TPSA) is 82.1 Å². The molecule has 1 N–H and O–H groups in total. The fraction of sp³-hybridized carbons (Fsp3) is 0.500. The van der Waals surface area contributed by atoms with Crippen LogP contribution in [0.15, 0.2) is 24.3 Å². The van der Waals surface area contributed by atoms with Crippen LogP contribution in [-0.4, -0.2) is 35.9 Å². The van der Waals surface area contributed by atoms with Crippen molar-refractivity contribution in [3.8, 4) is 5.75 Å². The maximum absolute atomic E-state index is 11.2. The van der Waals surface area contributed by atoms with E-state index in [0.29, 0.717) is 18.4 Å². The first kappa shape index (κ1) is 16.3. The summed E-state index contributed by atoms with van der Waals surface area (Å²) in [6, 6.07) is 6.87. The zero-order chi connectivity index (χ0) is 16.1. The summed E-state index contributed by atoms with van der Waals surface area (Å²) in [7, 11) is 0. The Balaban J connectivity index is 2.12. The zero-order valence-electron chi connectivity index (χ0n) is 12.7. The number of rotatable bonds is 4. The Kier molecular flexibility index (Phi) is 5.38. The summed E-state index contributed by atoms with van der Waals surface area (Å²) in [5, 5.41) is 9.96. The van der Waals surface area contributed by atoms with E-state index < -0.39 is 12.1 Å². The van der Waals surface area contributed by atoms with Crippen LogP contribution >= 0.6 is 0 Å². The van der Waals surface area contributed by atoms with Crippen LogP contribution in [0.25, 0.3) is 0 Å². The van der Waals surface area contributed by atoms with Crippen molar-refractivity contribution in [1.29, 1.82) is 0 Å². The molecule has 0 aromatic heterocycles. The van der Waals surface area contributed by atoms with Gasteiger partial charge >= 0.3 is 11.9 Å². The van der Waals surface area contributed by atoms with Gasteiger partial charge in [0, 0.05) is 32.3 Å². The largest absolute Gasteiger partial charge is 0.508 e. The van der Waals surface area contributed by atoms with E-state index in [1.807, 2.05) is 0 Å². The highest BCUT2D eigenvalue weighted by Gasteiger charge is 2.33. The zero-order valence-corrected chi connectivity index (χ0v) is 12.7. The van der Waals surface area contributed by atoms with Gasteiger partial charge < -0.3 is 19.3 Å². The van der Waals surface area contributed by atoms with E-state index in [4.69, 9.17) is 14.2 Å². The third kappa shape index (κ3) is 4.46. The molecule has 120 valence electrons. The number of hydrogen-bond donors (Lipinski definition) is 1. The lowest BCUT2D eigenvalue weighted by Gasteiger charge is -2.35. The van der Waals surface area contributed by atoms with Crippen LogP contribution in [0.5, 0.6) is 5.75 Å². The molecule has 0 radical (unpaired) electrons. The Labute approximate surface area is 129 Å². The van der Waals surface area contributed by atoms with Crippen molar-refractivity contribution in [2.75, 3.05) is 6.61 Å². The predicted molar refractivity (Wildman–Crippen MR) is 77.1 cm³/mol. The van der Waals surface area contributed by atoms with E-state index >= 15 is 0 Å². The molecule has 6 nitrogen and oxygen atoms in total. The molecule has 0 spiro atoms. The highest BCUT2D eigenvalue weighted by atomic mass is 16.6. The van der Waals surface area contributed by atoms with Gasteiger partial charge in [-0.25, -0.2) is 0 Å². The van der Waals surface area contributed by atoms with Crippen LogP contribution in [-0.2, 0) is 23.8 Å². The molecule has 6 heteroatoms. The van der Waals surface area contributed by atoms with Gasteiger partial charge in [-0.1, -0.05) is 18.2 Å². The Hall–Kier alpha value is -2.08. The number of carbonyl (C=O) groups is 2. The summed E-state index contributed by atoms with van der Waals surface area (Å²) in [6.45, 7) is 2.77. The van der Waals surface area contributed by atoms with Crippen molar-refractivity contribution in [1.82, 2.24) is 0 Å². The van der Waals surface area contributed by atoms with Crippen LogP contribution in [0.1, 0.15) is 38.4 Å². The van der Waals surface area contributed by atoms with Crippen molar-refractivity contribution in [2.45, 2.75) is 45.0 Å². The minimum atomic E-state index is -0.417. The summed E-state index contributed by atoms with van der Waals surface area (Å²) < 4.78 is 16.1. The van der Waals surface area contributed by atoms with Gasteiger partial charge in [0.25, 0.3) is 0 Å². The lowest BCUT2D eigenvalue weighted by Crippen LogP contribution is -2.36. The third-order valence-electron chi connectivity index (χ3n) is 3.45. The number of phenols is 1. The quantitative estimate of drug-likeness (QED) is 0.858. The van der Waals surface area contributed by atoms with Gasteiger partial charge in [0.05, 0.1) is 12.2 Å². The minimum absolute atomic E-state index is 0.0944. The number of benzene rings is 1. The van der Waals surface area contributed by atoms with Crippen LogP contribution in [0.4, 0.5) is 0 Å². The minimum Gasteiger partial charge on any atom is -0.508 e. The number of esters is 2. The molecule has 1 aliphatic heterocycles. The molecule has 1 fully saturated rings. The molecule has 2 rings (SSSR count). The van der Waals surface area contributed by atoms with E-state index in [9.17, 15) is 14.7 Å². The van der Waals surface area contributed by atoms with E-state index in [1.165, 1.54) is 13.8 Å². The second kappa shape index (κ2) is 7.26. The second-order valence-electron chi connectivity index (χ2n) is 5.31.